The summed E-state index contributed by atoms with van der Waals surface area (Å²) in [4.78, 5) is 0. The Morgan fingerprint density at radius 2 is 2.50 bits per heavy atom. The highest BCUT2D eigenvalue weighted by Crippen LogP contribution is 2.16. The van der Waals surface area contributed by atoms with Crippen LogP contribution in [0.25, 0.3) is 0 Å². The number of aromatic nitrogens is 1. The van der Waals surface area contributed by atoms with Crippen LogP contribution in [0.5, 0.6) is 0 Å². The van der Waals surface area contributed by atoms with Gasteiger partial charge in [0.1, 0.15) is 4.34 Å². The Bertz CT molecular complexity index is 174. The molecule has 0 aliphatic heterocycles. The zero-order chi connectivity index (χ0) is 5.98. The number of rotatable bonds is 1. The number of halogens is 2. The average molecular weight is 168 g/mol. The monoisotopic (exact) mass is 167 g/mol. The van der Waals surface area contributed by atoms with Crippen LogP contribution in [0.4, 0.5) is 0 Å². The highest BCUT2D eigenvalue weighted by atomic mass is 35.5. The van der Waals surface area contributed by atoms with Crippen molar-refractivity contribution in [2.45, 2.75) is 5.88 Å². The van der Waals surface area contributed by atoms with Crippen LogP contribution >= 0.6 is 34.7 Å². The molecular weight excluding hydrogens is 165 g/mol. The largest absolute Gasteiger partial charge is 0.195 e. The van der Waals surface area contributed by atoms with E-state index in [4.69, 9.17) is 23.2 Å². The second kappa shape index (κ2) is 2.67. The minimum atomic E-state index is 0.448. The third kappa shape index (κ3) is 1.34. The number of alkyl halides is 1. The van der Waals surface area contributed by atoms with Crippen LogP contribution in [0, 0.1) is 0 Å². The van der Waals surface area contributed by atoms with E-state index in [1.165, 1.54) is 11.5 Å². The predicted molar refractivity (Wildman–Crippen MR) is 36.7 cm³/mol. The van der Waals surface area contributed by atoms with Crippen molar-refractivity contribution >= 4 is 34.7 Å². The Morgan fingerprint density at radius 1 is 1.75 bits per heavy atom. The molecule has 0 spiro atoms. The molecule has 0 aromatic carbocycles. The van der Waals surface area contributed by atoms with Gasteiger partial charge in [-0.15, -0.1) is 11.6 Å². The Kier molecular flexibility index (Phi) is 2.11. The highest BCUT2D eigenvalue weighted by molar-refractivity contribution is 7.10. The maximum Gasteiger partial charge on any atom is 0.114 e. The molecule has 0 radical (unpaired) electrons. The van der Waals surface area contributed by atoms with Crippen LogP contribution in [0.2, 0.25) is 4.34 Å². The van der Waals surface area contributed by atoms with Crippen LogP contribution in [-0.4, -0.2) is 4.37 Å². The molecule has 0 fully saturated rings. The molecule has 1 heterocycles. The fraction of sp³-hybridized carbons (Fsp3) is 0.250. The molecule has 0 atom stereocenters. The molecule has 1 rings (SSSR count). The van der Waals surface area contributed by atoms with Gasteiger partial charge < -0.3 is 0 Å². The second-order valence-electron chi connectivity index (χ2n) is 1.26. The summed E-state index contributed by atoms with van der Waals surface area (Å²) in [7, 11) is 0. The average Bonchev–Trinajstić information content (AvgIpc) is 2.14. The zero-order valence-corrected chi connectivity index (χ0v) is 6.22. The lowest BCUT2D eigenvalue weighted by atomic mass is 10.5. The van der Waals surface area contributed by atoms with E-state index in [2.05, 4.69) is 4.37 Å². The lowest BCUT2D eigenvalue weighted by Crippen LogP contribution is -1.69. The third-order valence-electron chi connectivity index (χ3n) is 0.667. The van der Waals surface area contributed by atoms with Gasteiger partial charge in [-0.25, -0.2) is 0 Å². The van der Waals surface area contributed by atoms with E-state index < -0.39 is 0 Å². The Morgan fingerprint density at radius 3 is 2.75 bits per heavy atom. The summed E-state index contributed by atoms with van der Waals surface area (Å²) >= 11 is 12.2. The van der Waals surface area contributed by atoms with E-state index in [1.807, 2.05) is 0 Å². The Balaban J connectivity index is 2.84. The lowest BCUT2D eigenvalue weighted by Gasteiger charge is -1.75. The van der Waals surface area contributed by atoms with Crippen LogP contribution in [0.15, 0.2) is 6.07 Å². The van der Waals surface area contributed by atoms with Crippen LogP contribution in [0.1, 0.15) is 5.69 Å². The molecule has 0 unspecified atom stereocenters. The fourth-order valence-corrected chi connectivity index (χ4v) is 1.30. The molecule has 4 heteroatoms. The zero-order valence-electron chi connectivity index (χ0n) is 3.90. The molecule has 0 amide bonds. The Labute approximate surface area is 61.4 Å². The van der Waals surface area contributed by atoms with Gasteiger partial charge in [-0.05, 0) is 17.6 Å². The first-order chi connectivity index (χ1) is 3.83. The number of hydrogen-bond acceptors (Lipinski definition) is 2. The molecule has 1 aromatic heterocycles. The van der Waals surface area contributed by atoms with E-state index in [1.54, 1.807) is 6.07 Å². The molecule has 0 saturated carbocycles. The van der Waals surface area contributed by atoms with Gasteiger partial charge in [0.15, 0.2) is 0 Å². The van der Waals surface area contributed by atoms with Crippen LogP contribution in [-0.2, 0) is 5.88 Å². The summed E-state index contributed by atoms with van der Waals surface area (Å²) in [5.74, 6) is 0.448. The summed E-state index contributed by atoms with van der Waals surface area (Å²) in [6.45, 7) is 0. The molecule has 0 aliphatic carbocycles. The topological polar surface area (TPSA) is 12.9 Å². The maximum absolute atomic E-state index is 5.54. The van der Waals surface area contributed by atoms with Crippen molar-refractivity contribution in [3.63, 3.8) is 0 Å². The number of nitrogens with zero attached hydrogens (tertiary/aromatic N) is 1. The third-order valence-corrected chi connectivity index (χ3v) is 1.88. The van der Waals surface area contributed by atoms with E-state index in [-0.39, 0.29) is 0 Å². The molecule has 8 heavy (non-hydrogen) atoms. The summed E-state index contributed by atoms with van der Waals surface area (Å²) in [5.41, 5.74) is 0.849. The van der Waals surface area contributed by atoms with E-state index in [0.29, 0.717) is 10.2 Å². The minimum absolute atomic E-state index is 0.448. The minimum Gasteiger partial charge on any atom is -0.195 e. The molecule has 0 saturated heterocycles. The molecule has 0 aliphatic rings. The molecular formula is C4H3Cl2NS. The first kappa shape index (κ1) is 6.33. The van der Waals surface area contributed by atoms with Crippen LogP contribution < -0.4 is 0 Å². The summed E-state index contributed by atoms with van der Waals surface area (Å²) < 4.78 is 4.61. The molecule has 1 aromatic rings. The molecule has 0 bridgehead atoms. The molecule has 1 nitrogen and oxygen atoms in total. The van der Waals surface area contributed by atoms with E-state index >= 15 is 0 Å². The van der Waals surface area contributed by atoms with Crippen LogP contribution in [0.3, 0.4) is 0 Å². The highest BCUT2D eigenvalue weighted by Gasteiger charge is 1.94. The summed E-state index contributed by atoms with van der Waals surface area (Å²) in [6, 6.07) is 1.76. The Hall–Kier alpha value is 0.210. The quantitative estimate of drug-likeness (QED) is 0.587. The normalized spacial score (nSPS) is 9.75. The van der Waals surface area contributed by atoms with Gasteiger partial charge in [0.25, 0.3) is 0 Å². The van der Waals surface area contributed by atoms with Crippen molar-refractivity contribution < 1.29 is 0 Å². The first-order valence-corrected chi connectivity index (χ1v) is 3.68. The lowest BCUT2D eigenvalue weighted by molar-refractivity contribution is 1.29. The van der Waals surface area contributed by atoms with E-state index in [9.17, 15) is 0 Å². The van der Waals surface area contributed by atoms with Crippen molar-refractivity contribution in [1.82, 2.24) is 4.37 Å². The predicted octanol–water partition coefficient (Wildman–Crippen LogP) is 2.54. The van der Waals surface area contributed by atoms with E-state index in [0.717, 1.165) is 5.69 Å². The van der Waals surface area contributed by atoms with Gasteiger partial charge in [0.2, 0.25) is 0 Å². The van der Waals surface area contributed by atoms with Gasteiger partial charge in [0.05, 0.1) is 11.6 Å². The maximum atomic E-state index is 5.54. The standard InChI is InChI=1S/C4H3Cl2NS/c5-2-3-1-4(6)8-7-3/h1H,2H2. The van der Waals surface area contributed by atoms with Gasteiger partial charge >= 0.3 is 0 Å². The number of hydrogen-bond donors (Lipinski definition) is 0. The SMILES string of the molecule is ClCc1cc(Cl)sn1. The van der Waals surface area contributed by atoms with Crippen molar-refractivity contribution in [2.24, 2.45) is 0 Å². The molecule has 0 N–H and O–H groups in total. The summed E-state index contributed by atoms with van der Waals surface area (Å²) in [6.07, 6.45) is 0. The van der Waals surface area contributed by atoms with Gasteiger partial charge in [-0.3, -0.25) is 0 Å². The van der Waals surface area contributed by atoms with Crippen molar-refractivity contribution in [3.05, 3.63) is 16.1 Å². The van der Waals surface area contributed by atoms with Gasteiger partial charge in [-0.1, -0.05) is 11.6 Å². The summed E-state index contributed by atoms with van der Waals surface area (Å²) in [5, 5.41) is 0. The first-order valence-electron chi connectivity index (χ1n) is 2.00. The van der Waals surface area contributed by atoms with Crippen molar-refractivity contribution in [2.75, 3.05) is 0 Å². The van der Waals surface area contributed by atoms with Gasteiger partial charge in [0, 0.05) is 0 Å². The second-order valence-corrected chi connectivity index (χ2v) is 2.96. The smallest absolute Gasteiger partial charge is 0.114 e. The van der Waals surface area contributed by atoms with Crippen molar-refractivity contribution in [3.8, 4) is 0 Å². The van der Waals surface area contributed by atoms with Crippen molar-refractivity contribution in [1.29, 1.82) is 0 Å². The fourth-order valence-electron chi connectivity index (χ4n) is 0.349. The molecule has 44 valence electrons. The van der Waals surface area contributed by atoms with Gasteiger partial charge in [-0.2, -0.15) is 4.37 Å².